The van der Waals surface area contributed by atoms with E-state index in [-0.39, 0.29) is 18.1 Å². The normalized spacial score (nSPS) is 12.0. The minimum atomic E-state index is -0.587. The van der Waals surface area contributed by atoms with E-state index < -0.39 is 11.9 Å². The van der Waals surface area contributed by atoms with Gasteiger partial charge in [0.15, 0.2) is 11.5 Å². The van der Waals surface area contributed by atoms with Crippen molar-refractivity contribution in [3.63, 3.8) is 0 Å². The fourth-order valence-electron chi connectivity index (χ4n) is 1.90. The molecule has 6 heteroatoms. The molecule has 0 aliphatic carbocycles. The van der Waals surface area contributed by atoms with Crippen LogP contribution in [-0.4, -0.2) is 18.7 Å². The largest absolute Gasteiger partial charge is 0.454 e. The molecule has 3 rings (SSSR count). The summed E-state index contributed by atoms with van der Waals surface area (Å²) in [6.07, 6.45) is 0. The molecule has 0 saturated carbocycles. The molecule has 1 aliphatic heterocycles. The molecule has 2 N–H and O–H groups in total. The second-order valence-corrected chi connectivity index (χ2v) is 4.35. The Morgan fingerprint density at radius 1 is 1.00 bits per heavy atom. The zero-order chi connectivity index (χ0) is 14.8. The Morgan fingerprint density at radius 3 is 2.62 bits per heavy atom. The van der Waals surface area contributed by atoms with Crippen LogP contribution in [-0.2, 0) is 0 Å². The Balaban J connectivity index is 1.80. The van der Waals surface area contributed by atoms with Gasteiger partial charge in [-0.1, -0.05) is 6.07 Å². The number of primary amides is 1. The first-order chi connectivity index (χ1) is 10.1. The predicted octanol–water partition coefficient (Wildman–Crippen LogP) is 1.73. The summed E-state index contributed by atoms with van der Waals surface area (Å²) in [6, 6.07) is 10.9. The monoisotopic (exact) mass is 285 g/mol. The number of ether oxygens (including phenoxy) is 3. The standard InChI is InChI=1S/C15H11NO5/c16-14(17)9-2-1-3-11(6-9)21-15(18)10-4-5-12-13(7-10)20-8-19-12/h1-7H,8H2,(H2,16,17). The van der Waals surface area contributed by atoms with E-state index in [1.54, 1.807) is 36.4 Å². The van der Waals surface area contributed by atoms with Crippen molar-refractivity contribution in [2.75, 3.05) is 6.79 Å². The van der Waals surface area contributed by atoms with Crippen molar-refractivity contribution in [2.45, 2.75) is 0 Å². The van der Waals surface area contributed by atoms with Crippen LogP contribution < -0.4 is 19.9 Å². The van der Waals surface area contributed by atoms with Crippen molar-refractivity contribution in [2.24, 2.45) is 5.73 Å². The molecule has 1 amide bonds. The van der Waals surface area contributed by atoms with Crippen LogP contribution in [0.5, 0.6) is 17.2 Å². The van der Waals surface area contributed by atoms with Crippen LogP contribution in [0.15, 0.2) is 42.5 Å². The number of carbonyl (C=O) groups excluding carboxylic acids is 2. The topological polar surface area (TPSA) is 87.9 Å². The van der Waals surface area contributed by atoms with Gasteiger partial charge in [0.1, 0.15) is 5.75 Å². The molecular weight excluding hydrogens is 274 g/mol. The smallest absolute Gasteiger partial charge is 0.343 e. The molecular formula is C15H11NO5. The maximum absolute atomic E-state index is 12.1. The van der Waals surface area contributed by atoms with Crippen molar-refractivity contribution in [3.8, 4) is 17.2 Å². The van der Waals surface area contributed by atoms with Gasteiger partial charge in [-0.05, 0) is 36.4 Å². The first-order valence-corrected chi connectivity index (χ1v) is 6.15. The van der Waals surface area contributed by atoms with Gasteiger partial charge in [-0.25, -0.2) is 4.79 Å². The summed E-state index contributed by atoms with van der Waals surface area (Å²) in [7, 11) is 0. The quantitative estimate of drug-likeness (QED) is 0.685. The van der Waals surface area contributed by atoms with Crippen LogP contribution in [0.4, 0.5) is 0 Å². The van der Waals surface area contributed by atoms with Gasteiger partial charge in [-0.3, -0.25) is 4.79 Å². The van der Waals surface area contributed by atoms with Gasteiger partial charge in [-0.15, -0.1) is 0 Å². The van der Waals surface area contributed by atoms with E-state index in [1.165, 1.54) is 6.07 Å². The van der Waals surface area contributed by atoms with E-state index in [2.05, 4.69) is 0 Å². The van der Waals surface area contributed by atoms with Gasteiger partial charge >= 0.3 is 5.97 Å². The van der Waals surface area contributed by atoms with E-state index >= 15 is 0 Å². The lowest BCUT2D eigenvalue weighted by Gasteiger charge is -2.06. The van der Waals surface area contributed by atoms with E-state index in [9.17, 15) is 9.59 Å². The first-order valence-electron chi connectivity index (χ1n) is 6.15. The maximum atomic E-state index is 12.1. The van der Waals surface area contributed by atoms with Gasteiger partial charge in [0.05, 0.1) is 5.56 Å². The highest BCUT2D eigenvalue weighted by atomic mass is 16.7. The SMILES string of the molecule is NC(=O)c1cccc(OC(=O)c2ccc3c(c2)OCO3)c1. The van der Waals surface area contributed by atoms with Crippen LogP contribution in [0, 0.1) is 0 Å². The first kappa shape index (κ1) is 13.0. The average molecular weight is 285 g/mol. The highest BCUT2D eigenvalue weighted by Crippen LogP contribution is 2.32. The predicted molar refractivity (Wildman–Crippen MR) is 72.5 cm³/mol. The Morgan fingerprint density at radius 2 is 1.81 bits per heavy atom. The Bertz CT molecular complexity index is 726. The number of carbonyl (C=O) groups is 2. The number of amides is 1. The Kier molecular flexibility index (Phi) is 3.19. The molecule has 0 fully saturated rings. The van der Waals surface area contributed by atoms with E-state index in [0.29, 0.717) is 17.1 Å². The van der Waals surface area contributed by atoms with Gasteiger partial charge in [0.25, 0.3) is 0 Å². The van der Waals surface area contributed by atoms with Crippen molar-refractivity contribution in [3.05, 3.63) is 53.6 Å². The fourth-order valence-corrected chi connectivity index (χ4v) is 1.90. The number of rotatable bonds is 3. The summed E-state index contributed by atoms with van der Waals surface area (Å²) in [5, 5.41) is 0. The molecule has 0 radical (unpaired) electrons. The molecule has 0 aromatic heterocycles. The lowest BCUT2D eigenvalue weighted by atomic mass is 10.2. The molecule has 2 aromatic carbocycles. The molecule has 0 unspecified atom stereocenters. The Labute approximate surface area is 120 Å². The number of esters is 1. The molecule has 1 aliphatic rings. The summed E-state index contributed by atoms with van der Waals surface area (Å²) in [5.74, 6) is 0.178. The van der Waals surface area contributed by atoms with Crippen molar-refractivity contribution in [1.82, 2.24) is 0 Å². The molecule has 106 valence electrons. The van der Waals surface area contributed by atoms with Crippen LogP contribution in [0.25, 0.3) is 0 Å². The minimum absolute atomic E-state index is 0.133. The summed E-state index contributed by atoms with van der Waals surface area (Å²) in [4.78, 5) is 23.1. The Hall–Kier alpha value is -3.02. The highest BCUT2D eigenvalue weighted by molar-refractivity contribution is 5.94. The van der Waals surface area contributed by atoms with Crippen molar-refractivity contribution in [1.29, 1.82) is 0 Å². The van der Waals surface area contributed by atoms with Gasteiger partial charge in [-0.2, -0.15) is 0 Å². The number of hydrogen-bond acceptors (Lipinski definition) is 5. The summed E-state index contributed by atoms with van der Waals surface area (Å²) in [6.45, 7) is 0.133. The summed E-state index contributed by atoms with van der Waals surface area (Å²) >= 11 is 0. The molecule has 1 heterocycles. The van der Waals surface area contributed by atoms with Crippen LogP contribution >= 0.6 is 0 Å². The van der Waals surface area contributed by atoms with E-state index in [1.807, 2.05) is 0 Å². The third kappa shape index (κ3) is 2.64. The van der Waals surface area contributed by atoms with E-state index in [0.717, 1.165) is 0 Å². The van der Waals surface area contributed by atoms with Crippen LogP contribution in [0.1, 0.15) is 20.7 Å². The molecule has 2 aromatic rings. The van der Waals surface area contributed by atoms with Crippen molar-refractivity contribution < 1.29 is 23.8 Å². The zero-order valence-electron chi connectivity index (χ0n) is 10.9. The number of fused-ring (bicyclic) bond motifs is 1. The lowest BCUT2D eigenvalue weighted by Crippen LogP contribution is -2.12. The second kappa shape index (κ2) is 5.16. The number of nitrogens with two attached hydrogens (primary N) is 1. The zero-order valence-corrected chi connectivity index (χ0v) is 10.9. The van der Waals surface area contributed by atoms with Crippen molar-refractivity contribution >= 4 is 11.9 Å². The minimum Gasteiger partial charge on any atom is -0.454 e. The number of benzene rings is 2. The molecule has 6 nitrogen and oxygen atoms in total. The molecule has 0 atom stereocenters. The highest BCUT2D eigenvalue weighted by Gasteiger charge is 2.17. The average Bonchev–Trinajstić information content (AvgIpc) is 2.94. The fraction of sp³-hybridized carbons (Fsp3) is 0.0667. The lowest BCUT2D eigenvalue weighted by molar-refractivity contribution is 0.0733. The molecule has 0 spiro atoms. The van der Waals surface area contributed by atoms with E-state index in [4.69, 9.17) is 19.9 Å². The number of hydrogen-bond donors (Lipinski definition) is 1. The molecule has 0 saturated heterocycles. The third-order valence-electron chi connectivity index (χ3n) is 2.94. The molecule has 0 bridgehead atoms. The van der Waals surface area contributed by atoms with Gasteiger partial charge in [0.2, 0.25) is 12.7 Å². The van der Waals surface area contributed by atoms with Gasteiger partial charge < -0.3 is 19.9 Å². The van der Waals surface area contributed by atoms with Gasteiger partial charge in [0, 0.05) is 5.56 Å². The van der Waals surface area contributed by atoms with Crippen LogP contribution in [0.3, 0.4) is 0 Å². The summed E-state index contributed by atoms with van der Waals surface area (Å²) in [5.41, 5.74) is 5.77. The second-order valence-electron chi connectivity index (χ2n) is 4.35. The summed E-state index contributed by atoms with van der Waals surface area (Å²) < 4.78 is 15.6. The van der Waals surface area contributed by atoms with Crippen LogP contribution in [0.2, 0.25) is 0 Å². The molecule has 21 heavy (non-hydrogen) atoms. The maximum Gasteiger partial charge on any atom is 0.343 e. The third-order valence-corrected chi connectivity index (χ3v) is 2.94.